The van der Waals surface area contributed by atoms with Crippen molar-refractivity contribution in [3.63, 3.8) is 0 Å². The van der Waals surface area contributed by atoms with Crippen molar-refractivity contribution in [2.45, 2.75) is 196 Å². The number of unbranched alkanes of at least 4 members (excludes halogenated alkanes) is 4. The van der Waals surface area contributed by atoms with Crippen molar-refractivity contribution in [3.8, 4) is 11.5 Å². The number of nitrogens with zero attached hydrogens (tertiary/aromatic N) is 7. The first-order chi connectivity index (χ1) is 35.6. The number of hydrogen-bond acceptors (Lipinski definition) is 14. The van der Waals surface area contributed by atoms with Crippen LogP contribution in [0.5, 0.6) is 11.5 Å². The van der Waals surface area contributed by atoms with E-state index in [1.54, 1.807) is 0 Å². The summed E-state index contributed by atoms with van der Waals surface area (Å²) in [6, 6.07) is 4.21. The maximum Gasteiger partial charge on any atom is 0.320 e. The van der Waals surface area contributed by atoms with E-state index in [-0.39, 0.29) is 59.8 Å². The molecule has 3 atom stereocenters. The van der Waals surface area contributed by atoms with E-state index < -0.39 is 11.2 Å². The summed E-state index contributed by atoms with van der Waals surface area (Å²) in [4.78, 5) is 48.4. The summed E-state index contributed by atoms with van der Waals surface area (Å²) in [6.45, 7) is 35.6. The number of benzene rings is 1. The highest BCUT2D eigenvalue weighted by Gasteiger charge is 2.48. The van der Waals surface area contributed by atoms with Crippen molar-refractivity contribution in [1.29, 1.82) is 0 Å². The minimum atomic E-state index is -0.610. The van der Waals surface area contributed by atoms with Gasteiger partial charge in [-0.15, -0.1) is 16.7 Å². The third-order valence-corrected chi connectivity index (χ3v) is 15.3. The monoisotopic (exact) mass is 1080 g/mol. The van der Waals surface area contributed by atoms with E-state index in [9.17, 15) is 19.5 Å². The van der Waals surface area contributed by atoms with Crippen LogP contribution in [-0.2, 0) is 47.2 Å². The number of ether oxygens (including phenoxy) is 4. The number of rotatable bonds is 23. The Balaban J connectivity index is 1.08. The molecule has 1 amide bonds. The molecule has 2 fully saturated rings. The lowest BCUT2D eigenvalue weighted by Crippen LogP contribution is -2.50. The number of fused-ring (bicyclic) bond motifs is 3. The zero-order chi connectivity index (χ0) is 55.9. The number of aromatic nitrogens is 3. The van der Waals surface area contributed by atoms with Gasteiger partial charge in [0.05, 0.1) is 32.4 Å². The lowest BCUT2D eigenvalue weighted by Gasteiger charge is -2.49. The van der Waals surface area contributed by atoms with Crippen molar-refractivity contribution in [3.05, 3.63) is 35.2 Å². The van der Waals surface area contributed by atoms with Crippen LogP contribution in [0.15, 0.2) is 18.3 Å². The Bertz CT molecular complexity index is 2130. The smallest absolute Gasteiger partial charge is 0.320 e. The zero-order valence-corrected chi connectivity index (χ0v) is 50.1. The molecule has 0 unspecified atom stereocenters. The van der Waals surface area contributed by atoms with Crippen molar-refractivity contribution < 1.29 is 38.4 Å². The predicted octanol–water partition coefficient (Wildman–Crippen LogP) is 9.19. The van der Waals surface area contributed by atoms with Gasteiger partial charge in [0.1, 0.15) is 34.0 Å². The molecule has 16 nitrogen and oxygen atoms in total. The van der Waals surface area contributed by atoms with Crippen molar-refractivity contribution in [2.24, 2.45) is 17.3 Å². The second kappa shape index (κ2) is 28.6. The normalized spacial score (nSPS) is 20.9. The van der Waals surface area contributed by atoms with E-state index in [2.05, 4.69) is 89.8 Å². The van der Waals surface area contributed by atoms with Crippen LogP contribution in [0.3, 0.4) is 0 Å². The van der Waals surface area contributed by atoms with Crippen LogP contribution in [0, 0.1) is 17.3 Å². The molecule has 1 saturated carbocycles. The quantitative estimate of drug-likeness (QED) is 0.0615. The van der Waals surface area contributed by atoms with Crippen LogP contribution in [0.25, 0.3) is 0 Å². The fourth-order valence-corrected chi connectivity index (χ4v) is 11.5. The summed E-state index contributed by atoms with van der Waals surface area (Å²) in [5.41, 5.74) is 1.33. The maximum atomic E-state index is 13.5. The molecule has 0 bridgehead atoms. The highest BCUT2D eigenvalue weighted by atomic mass is 35.5. The van der Waals surface area contributed by atoms with Gasteiger partial charge in [-0.2, -0.15) is 0 Å². The molecule has 3 heterocycles. The molecule has 2 aromatic rings. The summed E-state index contributed by atoms with van der Waals surface area (Å²) in [6.07, 6.45) is 12.1. The highest BCUT2D eigenvalue weighted by molar-refractivity contribution is 6.17. The Morgan fingerprint density at radius 1 is 0.763 bits per heavy atom. The number of hydrogen-bond donors (Lipinski definition) is 2. The number of alkyl halides is 1. The lowest BCUT2D eigenvalue weighted by atomic mass is 9.63. The van der Waals surface area contributed by atoms with Crippen molar-refractivity contribution in [1.82, 2.24) is 39.9 Å². The first-order valence-electron chi connectivity index (χ1n) is 28.8. The second-order valence-electron chi connectivity index (χ2n) is 26.6. The van der Waals surface area contributed by atoms with E-state index in [4.69, 9.17) is 30.5 Å². The number of halogens is 1. The first kappa shape index (κ1) is 63.3. The molecular weight excluding hydrogens is 984 g/mol. The SMILES string of the molecule is CC(C)(C)CN1CCN(CC(=O)NCCCCOCc2cn(C[C@@H]3CC[C@@H]4[C@@H](C3)c3c(O)cc(C(C)(C)CCCCCCCl)cc3OC4(C)C)nn2)CCN(CC(=O)OC(C)(C)C)CCN(CC(=O)OC(C)(C)C)CC1. The number of phenols is 1. The molecule has 5 rings (SSSR count). The molecule has 0 spiro atoms. The number of esters is 2. The lowest BCUT2D eigenvalue weighted by molar-refractivity contribution is -0.158. The van der Waals surface area contributed by atoms with Gasteiger partial charge < -0.3 is 34.3 Å². The van der Waals surface area contributed by atoms with Gasteiger partial charge in [0.25, 0.3) is 0 Å². The Kier molecular flexibility index (Phi) is 23.8. The minimum Gasteiger partial charge on any atom is -0.508 e. The topological polar surface area (TPSA) is 164 Å². The van der Waals surface area contributed by atoms with Crippen molar-refractivity contribution in [2.75, 3.05) is 97.6 Å². The number of phenolic OH excluding ortho intramolecular Hbond substituents is 1. The molecule has 2 aliphatic heterocycles. The third kappa shape index (κ3) is 21.9. The van der Waals surface area contributed by atoms with Gasteiger partial charge in [-0.25, -0.2) is 0 Å². The highest BCUT2D eigenvalue weighted by Crippen LogP contribution is 2.56. The summed E-state index contributed by atoms with van der Waals surface area (Å²) in [5, 5.41) is 23.7. The van der Waals surface area contributed by atoms with Gasteiger partial charge in [-0.1, -0.05) is 59.1 Å². The molecule has 1 aromatic heterocycles. The summed E-state index contributed by atoms with van der Waals surface area (Å²) < 4.78 is 26.1. The molecule has 3 aliphatic rings. The molecular formula is C59H101ClN8O8. The fraction of sp³-hybridized carbons (Fsp3) is 0.814. The third-order valence-electron chi connectivity index (χ3n) is 15.0. The average molecular weight is 1090 g/mol. The van der Waals surface area contributed by atoms with E-state index in [1.807, 2.05) is 58.5 Å². The maximum absolute atomic E-state index is 13.5. The Labute approximate surface area is 463 Å². The molecule has 1 aromatic carbocycles. The first-order valence-corrected chi connectivity index (χ1v) is 29.3. The van der Waals surface area contributed by atoms with Crippen LogP contribution in [0.1, 0.15) is 177 Å². The van der Waals surface area contributed by atoms with E-state index in [0.29, 0.717) is 82.5 Å². The Morgan fingerprint density at radius 3 is 1.92 bits per heavy atom. The molecule has 2 N–H and O–H groups in total. The molecule has 76 heavy (non-hydrogen) atoms. The number of amides is 1. The summed E-state index contributed by atoms with van der Waals surface area (Å²) in [5.74, 6) is 2.22. The molecule has 432 valence electrons. The standard InChI is InChI=1S/C59H101ClN8O8/c1-55(2,3)43-67-31-29-64(25-26-65(40-52(71)75-56(4,5)6)27-28-66(30-32-67)41-53(72)76-57(7,8)9)39-51(70)61-24-18-19-33-73-42-46-38-68(63-62-46)37-44-20-21-48-47(34-44)54-49(69)35-45(36-50(54)74-59(48,12)13)58(10,11)22-16-14-15-17-23-60/h35-36,38,44,47-48,69H,14-34,37,39-43H2,1-13H3,(H,61,70)/t44-,47-,48-/m1/s1. The second-order valence-corrected chi connectivity index (χ2v) is 27.0. The van der Waals surface area contributed by atoms with Crippen LogP contribution in [-0.4, -0.2) is 172 Å². The van der Waals surface area contributed by atoms with Crippen LogP contribution >= 0.6 is 11.6 Å². The van der Waals surface area contributed by atoms with Crippen molar-refractivity contribution >= 4 is 29.4 Å². The Morgan fingerprint density at radius 2 is 1.34 bits per heavy atom. The predicted molar refractivity (Wildman–Crippen MR) is 302 cm³/mol. The summed E-state index contributed by atoms with van der Waals surface area (Å²) in [7, 11) is 0. The van der Waals surface area contributed by atoms with E-state index in [1.165, 1.54) is 0 Å². The Hall–Kier alpha value is -3.54. The molecule has 17 heteroatoms. The zero-order valence-electron chi connectivity index (χ0n) is 49.4. The average Bonchev–Trinajstić information content (AvgIpc) is 3.73. The fourth-order valence-electron chi connectivity index (χ4n) is 11.3. The van der Waals surface area contributed by atoms with Gasteiger partial charge >= 0.3 is 11.9 Å². The molecule has 0 radical (unpaired) electrons. The van der Waals surface area contributed by atoms with Gasteiger partial charge in [-0.05, 0) is 141 Å². The number of carbonyl (C=O) groups excluding carboxylic acids is 3. The van der Waals surface area contributed by atoms with E-state index >= 15 is 0 Å². The van der Waals surface area contributed by atoms with Crippen LogP contribution in [0.2, 0.25) is 0 Å². The van der Waals surface area contributed by atoms with Crippen LogP contribution < -0.4 is 10.1 Å². The number of nitrogens with one attached hydrogen (secondary N) is 1. The molecule has 1 aliphatic carbocycles. The largest absolute Gasteiger partial charge is 0.508 e. The summed E-state index contributed by atoms with van der Waals surface area (Å²) >= 11 is 5.91. The van der Waals surface area contributed by atoms with Gasteiger partial charge in [0.15, 0.2) is 0 Å². The number of aromatic hydroxyl groups is 1. The molecule has 1 saturated heterocycles. The number of carbonyl (C=O) groups is 3. The van der Waals surface area contributed by atoms with Crippen LogP contribution in [0.4, 0.5) is 0 Å². The van der Waals surface area contributed by atoms with Gasteiger partial charge in [0.2, 0.25) is 5.91 Å². The van der Waals surface area contributed by atoms with Gasteiger partial charge in [0, 0.05) is 96.0 Å². The van der Waals surface area contributed by atoms with E-state index in [0.717, 1.165) is 113 Å². The van der Waals surface area contributed by atoms with Gasteiger partial charge in [-0.3, -0.25) is 33.8 Å². The minimum absolute atomic E-state index is 0.0295.